The van der Waals surface area contributed by atoms with Gasteiger partial charge in [0.1, 0.15) is 5.60 Å². The first kappa shape index (κ1) is 12.1. The van der Waals surface area contributed by atoms with Gasteiger partial charge in [-0.3, -0.25) is 9.76 Å². The Kier molecular flexibility index (Phi) is 3.25. The van der Waals surface area contributed by atoms with Crippen LogP contribution in [0.1, 0.15) is 20.8 Å². The maximum atomic E-state index is 10.7. The maximum absolute atomic E-state index is 10.7. The highest BCUT2D eigenvalue weighted by Gasteiger charge is 2.28. The van der Waals surface area contributed by atoms with Crippen LogP contribution in [-0.4, -0.2) is 34.3 Å². The fourth-order valence-corrected chi connectivity index (χ4v) is 0.621. The van der Waals surface area contributed by atoms with Gasteiger partial charge in [0.25, 0.3) is 0 Å². The highest BCUT2D eigenvalue weighted by Crippen LogP contribution is 2.09. The van der Waals surface area contributed by atoms with Gasteiger partial charge >= 0.3 is 16.4 Å². The molecule has 0 unspecified atom stereocenters. The van der Waals surface area contributed by atoms with Crippen LogP contribution in [0.25, 0.3) is 0 Å². The number of hydrogen-bond acceptors (Lipinski definition) is 5. The summed E-state index contributed by atoms with van der Waals surface area (Å²) in [7, 11) is -4.96. The van der Waals surface area contributed by atoms with Gasteiger partial charge in [-0.15, -0.1) is 0 Å². The van der Waals surface area contributed by atoms with E-state index in [-0.39, 0.29) is 0 Å². The summed E-state index contributed by atoms with van der Waals surface area (Å²) in [5.74, 6) is 0. The molecule has 0 aliphatic rings. The number of carbonyl (C=O) groups is 1. The second-order valence-electron chi connectivity index (χ2n) is 3.20. The maximum Gasteiger partial charge on any atom is 0.451 e. The number of hydrogen-bond donors (Lipinski definition) is 2. The minimum Gasteiger partial charge on any atom is -0.441 e. The molecule has 0 aliphatic carbocycles. The Balaban J connectivity index is 4.48. The van der Waals surface area contributed by atoms with Crippen LogP contribution in [0.5, 0.6) is 0 Å². The molecule has 0 heterocycles. The smallest absolute Gasteiger partial charge is 0.441 e. The lowest BCUT2D eigenvalue weighted by atomic mass is 10.2. The van der Waals surface area contributed by atoms with Crippen molar-refractivity contribution in [1.82, 2.24) is 4.47 Å². The number of ether oxygens (including phenoxy) is 1. The first-order valence-electron chi connectivity index (χ1n) is 3.23. The third-order valence-corrected chi connectivity index (χ3v) is 1.35. The van der Waals surface area contributed by atoms with E-state index in [1.165, 1.54) is 20.8 Å². The molecule has 0 fully saturated rings. The first-order valence-corrected chi connectivity index (χ1v) is 4.63. The molecule has 8 heteroatoms. The molecule has 0 aromatic carbocycles. The van der Waals surface area contributed by atoms with Crippen molar-refractivity contribution in [3.63, 3.8) is 0 Å². The van der Waals surface area contributed by atoms with E-state index in [9.17, 15) is 13.2 Å². The van der Waals surface area contributed by atoms with Crippen LogP contribution in [0.15, 0.2) is 0 Å². The zero-order valence-corrected chi connectivity index (χ0v) is 8.20. The predicted octanol–water partition coefficient (Wildman–Crippen LogP) is 0.415. The van der Waals surface area contributed by atoms with Gasteiger partial charge in [0.15, 0.2) is 0 Å². The first-order chi connectivity index (χ1) is 5.54. The van der Waals surface area contributed by atoms with E-state index < -0.39 is 26.5 Å². The molecule has 0 atom stereocenters. The van der Waals surface area contributed by atoms with Crippen LogP contribution in [0.4, 0.5) is 4.79 Å². The normalized spacial score (nSPS) is 12.4. The van der Waals surface area contributed by atoms with E-state index in [4.69, 9.17) is 9.76 Å². The number of hydroxylamine groups is 1. The van der Waals surface area contributed by atoms with Gasteiger partial charge in [-0.05, 0) is 20.8 Å². The topological polar surface area (TPSA) is 104 Å². The standard InChI is InChI=1S/C5H11NO6S/c1-5(2,3)12-4(7)6(8)13(9,10)11/h8H,1-3H3,(H,9,10,11). The Morgan fingerprint density at radius 1 is 1.38 bits per heavy atom. The monoisotopic (exact) mass is 213 g/mol. The van der Waals surface area contributed by atoms with Crippen molar-refractivity contribution in [2.45, 2.75) is 26.4 Å². The average molecular weight is 213 g/mol. The molecule has 0 saturated heterocycles. The number of amides is 1. The Morgan fingerprint density at radius 2 is 1.77 bits per heavy atom. The fraction of sp³-hybridized carbons (Fsp3) is 0.800. The van der Waals surface area contributed by atoms with Gasteiger partial charge in [-0.1, -0.05) is 4.47 Å². The van der Waals surface area contributed by atoms with Gasteiger partial charge in [-0.25, -0.2) is 4.79 Å². The van der Waals surface area contributed by atoms with Crippen molar-refractivity contribution in [3.05, 3.63) is 0 Å². The fourth-order valence-electron chi connectivity index (χ4n) is 0.395. The second kappa shape index (κ2) is 3.48. The lowest BCUT2D eigenvalue weighted by molar-refractivity contribution is -0.0413. The van der Waals surface area contributed by atoms with E-state index in [0.29, 0.717) is 0 Å². The van der Waals surface area contributed by atoms with E-state index >= 15 is 0 Å². The lowest BCUT2D eigenvalue weighted by Crippen LogP contribution is -2.38. The Labute approximate surface area is 75.7 Å². The molecule has 0 aromatic rings. The molecule has 1 amide bonds. The van der Waals surface area contributed by atoms with Crippen molar-refractivity contribution in [1.29, 1.82) is 0 Å². The summed E-state index contributed by atoms with van der Waals surface area (Å²) in [6.45, 7) is 4.42. The molecular weight excluding hydrogens is 202 g/mol. The number of carbonyl (C=O) groups excluding carboxylic acids is 1. The van der Waals surface area contributed by atoms with E-state index in [1.54, 1.807) is 0 Å². The van der Waals surface area contributed by atoms with Gasteiger partial charge in [-0.2, -0.15) is 8.42 Å². The lowest BCUT2D eigenvalue weighted by Gasteiger charge is -2.21. The minimum absolute atomic E-state index is 0.877. The van der Waals surface area contributed by atoms with Crippen molar-refractivity contribution in [3.8, 4) is 0 Å². The van der Waals surface area contributed by atoms with Gasteiger partial charge < -0.3 is 4.74 Å². The van der Waals surface area contributed by atoms with E-state index in [0.717, 1.165) is 0 Å². The molecule has 2 N–H and O–H groups in total. The zero-order chi connectivity index (χ0) is 10.9. The second-order valence-corrected chi connectivity index (χ2v) is 4.44. The Hall–Kier alpha value is -0.860. The van der Waals surface area contributed by atoms with Gasteiger partial charge in [0, 0.05) is 0 Å². The molecule has 0 saturated carbocycles. The third kappa shape index (κ3) is 4.65. The third-order valence-electron chi connectivity index (χ3n) is 0.768. The summed E-state index contributed by atoms with van der Waals surface area (Å²) in [4.78, 5) is 10.7. The molecule has 0 radical (unpaired) electrons. The Bertz CT molecular complexity index is 289. The van der Waals surface area contributed by atoms with Crippen molar-refractivity contribution < 1.29 is 27.7 Å². The van der Waals surface area contributed by atoms with Gasteiger partial charge in [0.2, 0.25) is 0 Å². The highest BCUT2D eigenvalue weighted by atomic mass is 32.2. The van der Waals surface area contributed by atoms with Crippen LogP contribution in [0, 0.1) is 0 Å². The summed E-state index contributed by atoms with van der Waals surface area (Å²) in [5.41, 5.74) is -0.956. The summed E-state index contributed by atoms with van der Waals surface area (Å²) in [6.07, 6.45) is -1.56. The summed E-state index contributed by atoms with van der Waals surface area (Å²) in [6, 6.07) is 0. The van der Waals surface area contributed by atoms with Crippen molar-refractivity contribution >= 4 is 16.4 Å². The molecule has 7 nitrogen and oxygen atoms in total. The highest BCUT2D eigenvalue weighted by molar-refractivity contribution is 7.83. The molecule has 0 aromatic heterocycles. The molecule has 0 rings (SSSR count). The average Bonchev–Trinajstić information content (AvgIpc) is 1.79. The summed E-state index contributed by atoms with van der Waals surface area (Å²) >= 11 is 0. The quantitative estimate of drug-likeness (QED) is 0.371. The SMILES string of the molecule is CC(C)(C)OC(=O)N(O)S(=O)(=O)O. The minimum atomic E-state index is -4.96. The number of nitrogens with zero attached hydrogens (tertiary/aromatic N) is 1. The molecule has 78 valence electrons. The van der Waals surface area contributed by atoms with E-state index in [1.807, 2.05) is 0 Å². The van der Waals surface area contributed by atoms with Crippen LogP contribution in [-0.2, 0) is 15.0 Å². The summed E-state index contributed by atoms with van der Waals surface area (Å²) in [5, 5.41) is 8.54. The van der Waals surface area contributed by atoms with Crippen LogP contribution in [0.3, 0.4) is 0 Å². The van der Waals surface area contributed by atoms with Crippen LogP contribution < -0.4 is 0 Å². The Morgan fingerprint density at radius 3 is 2.00 bits per heavy atom. The molecular formula is C5H11NO6S. The van der Waals surface area contributed by atoms with E-state index in [2.05, 4.69) is 4.74 Å². The largest absolute Gasteiger partial charge is 0.451 e. The molecule has 0 spiro atoms. The molecule has 0 bridgehead atoms. The predicted molar refractivity (Wildman–Crippen MR) is 41.4 cm³/mol. The van der Waals surface area contributed by atoms with Gasteiger partial charge in [0.05, 0.1) is 0 Å². The zero-order valence-electron chi connectivity index (χ0n) is 7.38. The summed E-state index contributed by atoms with van der Waals surface area (Å²) < 4.78 is 32.1. The van der Waals surface area contributed by atoms with Crippen LogP contribution >= 0.6 is 0 Å². The number of rotatable bonds is 1. The molecule has 0 aliphatic heterocycles. The molecule has 13 heavy (non-hydrogen) atoms. The van der Waals surface area contributed by atoms with Crippen LogP contribution in [0.2, 0.25) is 0 Å². The van der Waals surface area contributed by atoms with Crippen molar-refractivity contribution in [2.24, 2.45) is 0 Å². The van der Waals surface area contributed by atoms with Crippen molar-refractivity contribution in [2.75, 3.05) is 0 Å².